The van der Waals surface area contributed by atoms with Gasteiger partial charge in [-0.15, -0.1) is 0 Å². The molecule has 0 spiro atoms. The van der Waals surface area contributed by atoms with Gasteiger partial charge in [0, 0.05) is 11.1 Å². The van der Waals surface area contributed by atoms with Crippen molar-refractivity contribution >= 4 is 15.9 Å². The normalized spacial score (nSPS) is 12.3. The molecular weight excluding hydrogens is 340 g/mol. The monoisotopic (exact) mass is 355 g/mol. The highest BCUT2D eigenvalue weighted by Gasteiger charge is 2.21. The molecule has 2 nitrogen and oxygen atoms in total. The summed E-state index contributed by atoms with van der Waals surface area (Å²) in [6, 6.07) is 7.47. The van der Waals surface area contributed by atoms with Crippen LogP contribution in [0.5, 0.6) is 5.75 Å². The third-order valence-electron chi connectivity index (χ3n) is 3.34. The molecule has 0 saturated carbocycles. The third kappa shape index (κ3) is 3.24. The largest absolute Gasteiger partial charge is 0.496 e. The number of halogens is 3. The van der Waals surface area contributed by atoms with Gasteiger partial charge in [0.25, 0.3) is 0 Å². The van der Waals surface area contributed by atoms with Crippen molar-refractivity contribution in [3.05, 3.63) is 63.1 Å². The van der Waals surface area contributed by atoms with E-state index in [1.807, 2.05) is 25.1 Å². The predicted molar refractivity (Wildman–Crippen MR) is 82.7 cm³/mol. The van der Waals surface area contributed by atoms with E-state index in [1.165, 1.54) is 6.07 Å². The summed E-state index contributed by atoms with van der Waals surface area (Å²) in [6.45, 7) is 1.94. The highest BCUT2D eigenvalue weighted by molar-refractivity contribution is 9.10. The molecule has 112 valence electrons. The van der Waals surface area contributed by atoms with E-state index in [2.05, 4.69) is 21.2 Å². The first-order chi connectivity index (χ1) is 9.97. The second kappa shape index (κ2) is 6.54. The number of aryl methyl sites for hydroxylation is 1. The number of nitrogens with one attached hydrogen (secondary N) is 1. The molecule has 1 atom stereocenters. The predicted octanol–water partition coefficient (Wildman–Crippen LogP) is 4.35. The summed E-state index contributed by atoms with van der Waals surface area (Å²) in [5.41, 5.74) is 2.02. The minimum absolute atomic E-state index is 0.106. The summed E-state index contributed by atoms with van der Waals surface area (Å²) in [7, 11) is 3.26. The van der Waals surface area contributed by atoms with Gasteiger partial charge in [0.05, 0.1) is 17.6 Å². The fourth-order valence-electron chi connectivity index (χ4n) is 2.32. The van der Waals surface area contributed by atoms with Crippen molar-refractivity contribution in [3.63, 3.8) is 0 Å². The van der Waals surface area contributed by atoms with E-state index in [0.717, 1.165) is 17.2 Å². The maximum absolute atomic E-state index is 14.2. The Hall–Kier alpha value is -1.46. The number of methoxy groups -OCH3 is 1. The Morgan fingerprint density at radius 2 is 1.81 bits per heavy atom. The molecule has 0 fully saturated rings. The second-order valence-corrected chi connectivity index (χ2v) is 5.61. The average Bonchev–Trinajstić information content (AvgIpc) is 2.45. The van der Waals surface area contributed by atoms with E-state index in [0.29, 0.717) is 5.75 Å². The maximum atomic E-state index is 14.2. The highest BCUT2D eigenvalue weighted by atomic mass is 79.9. The molecule has 0 amide bonds. The van der Waals surface area contributed by atoms with E-state index in [4.69, 9.17) is 4.74 Å². The van der Waals surface area contributed by atoms with Crippen LogP contribution in [0.3, 0.4) is 0 Å². The zero-order valence-electron chi connectivity index (χ0n) is 12.0. The molecule has 2 aromatic rings. The van der Waals surface area contributed by atoms with Gasteiger partial charge in [0.15, 0.2) is 0 Å². The van der Waals surface area contributed by atoms with Crippen LogP contribution in [-0.2, 0) is 0 Å². The quantitative estimate of drug-likeness (QED) is 0.823. The molecule has 1 N–H and O–H groups in total. The van der Waals surface area contributed by atoms with Crippen LogP contribution < -0.4 is 10.1 Å². The summed E-state index contributed by atoms with van der Waals surface area (Å²) in [5.74, 6) is -0.355. The van der Waals surface area contributed by atoms with Crippen molar-refractivity contribution in [3.8, 4) is 5.75 Å². The lowest BCUT2D eigenvalue weighted by atomic mass is 9.96. The van der Waals surface area contributed by atoms with E-state index in [-0.39, 0.29) is 10.0 Å². The summed E-state index contributed by atoms with van der Waals surface area (Å²) in [5, 5.41) is 3.02. The van der Waals surface area contributed by atoms with Crippen LogP contribution in [0, 0.1) is 18.6 Å². The highest BCUT2D eigenvalue weighted by Crippen LogP contribution is 2.33. The molecule has 2 rings (SSSR count). The van der Waals surface area contributed by atoms with E-state index < -0.39 is 17.7 Å². The molecule has 0 aromatic heterocycles. The van der Waals surface area contributed by atoms with Crippen molar-refractivity contribution in [2.45, 2.75) is 13.0 Å². The number of rotatable bonds is 4. The minimum Gasteiger partial charge on any atom is -0.496 e. The third-order valence-corrected chi connectivity index (χ3v) is 3.94. The van der Waals surface area contributed by atoms with Crippen LogP contribution in [0.15, 0.2) is 34.8 Å². The van der Waals surface area contributed by atoms with Gasteiger partial charge in [0.1, 0.15) is 17.4 Å². The van der Waals surface area contributed by atoms with Crippen molar-refractivity contribution in [2.24, 2.45) is 0 Å². The van der Waals surface area contributed by atoms with Gasteiger partial charge in [0.2, 0.25) is 0 Å². The fourth-order valence-corrected chi connectivity index (χ4v) is 2.63. The molecule has 0 heterocycles. The molecule has 21 heavy (non-hydrogen) atoms. The number of hydrogen-bond acceptors (Lipinski definition) is 2. The Balaban J connectivity index is 2.59. The van der Waals surface area contributed by atoms with Crippen LogP contribution in [0.4, 0.5) is 8.78 Å². The van der Waals surface area contributed by atoms with Gasteiger partial charge < -0.3 is 10.1 Å². The molecular formula is C16H16BrF2NO. The molecule has 5 heteroatoms. The topological polar surface area (TPSA) is 21.3 Å². The maximum Gasteiger partial charge on any atom is 0.137 e. The SMILES string of the molecule is CNC(c1cc(F)c(Br)cc1F)c1cc(C)ccc1OC. The van der Waals surface area contributed by atoms with Crippen molar-refractivity contribution < 1.29 is 13.5 Å². The standard InChI is InChI=1S/C16H16BrF2NO/c1-9-4-5-15(21-3)11(6-9)16(20-2)10-7-14(19)12(17)8-13(10)18/h4-8,16,20H,1-3H3. The lowest BCUT2D eigenvalue weighted by Gasteiger charge is -2.21. The van der Waals surface area contributed by atoms with Crippen molar-refractivity contribution in [1.29, 1.82) is 0 Å². The Kier molecular flexibility index (Phi) is 4.96. The van der Waals surface area contributed by atoms with Crippen molar-refractivity contribution in [2.75, 3.05) is 14.2 Å². The Morgan fingerprint density at radius 3 is 2.43 bits per heavy atom. The first-order valence-electron chi connectivity index (χ1n) is 6.44. The molecule has 2 aromatic carbocycles. The van der Waals surface area contributed by atoms with Gasteiger partial charge in [-0.1, -0.05) is 17.7 Å². The van der Waals surface area contributed by atoms with Crippen molar-refractivity contribution in [1.82, 2.24) is 5.32 Å². The first-order valence-corrected chi connectivity index (χ1v) is 7.23. The Morgan fingerprint density at radius 1 is 1.10 bits per heavy atom. The average molecular weight is 356 g/mol. The molecule has 0 saturated heterocycles. The number of ether oxygens (including phenoxy) is 1. The van der Waals surface area contributed by atoms with Crippen LogP contribution in [-0.4, -0.2) is 14.2 Å². The smallest absolute Gasteiger partial charge is 0.137 e. The molecule has 0 aliphatic carbocycles. The number of hydrogen-bond donors (Lipinski definition) is 1. The van der Waals surface area contributed by atoms with Crippen LogP contribution in [0.2, 0.25) is 0 Å². The summed E-state index contributed by atoms with van der Waals surface area (Å²) < 4.78 is 33.4. The number of benzene rings is 2. The van der Waals surface area contributed by atoms with Crippen LogP contribution in [0.1, 0.15) is 22.7 Å². The Bertz CT molecular complexity index is 661. The first kappa shape index (κ1) is 15.9. The molecule has 0 radical (unpaired) electrons. The fraction of sp³-hybridized carbons (Fsp3) is 0.250. The van der Waals surface area contributed by atoms with Gasteiger partial charge in [-0.3, -0.25) is 0 Å². The van der Waals surface area contributed by atoms with Crippen LogP contribution in [0.25, 0.3) is 0 Å². The van der Waals surface area contributed by atoms with E-state index >= 15 is 0 Å². The Labute approximate surface area is 131 Å². The van der Waals surface area contributed by atoms with Gasteiger partial charge in [-0.25, -0.2) is 8.78 Å². The van der Waals surface area contributed by atoms with Gasteiger partial charge >= 0.3 is 0 Å². The zero-order valence-corrected chi connectivity index (χ0v) is 13.6. The molecule has 0 bridgehead atoms. The zero-order chi connectivity index (χ0) is 15.6. The van der Waals surface area contributed by atoms with E-state index in [1.54, 1.807) is 14.2 Å². The lowest BCUT2D eigenvalue weighted by Crippen LogP contribution is -2.20. The van der Waals surface area contributed by atoms with Gasteiger partial charge in [-0.05, 0) is 48.1 Å². The second-order valence-electron chi connectivity index (χ2n) is 4.75. The lowest BCUT2D eigenvalue weighted by molar-refractivity contribution is 0.404. The van der Waals surface area contributed by atoms with E-state index in [9.17, 15) is 8.78 Å². The minimum atomic E-state index is -0.502. The van der Waals surface area contributed by atoms with Gasteiger partial charge in [-0.2, -0.15) is 0 Å². The van der Waals surface area contributed by atoms with Crippen LogP contribution >= 0.6 is 15.9 Å². The molecule has 0 aliphatic heterocycles. The molecule has 0 aliphatic rings. The summed E-state index contributed by atoms with van der Waals surface area (Å²) >= 11 is 2.99. The molecule has 1 unspecified atom stereocenters. The summed E-state index contributed by atoms with van der Waals surface area (Å²) in [6.07, 6.45) is 0. The summed E-state index contributed by atoms with van der Waals surface area (Å²) in [4.78, 5) is 0.